The minimum Gasteiger partial charge on any atom is -0.497 e. The Balaban J connectivity index is 1.82. The molecule has 0 fully saturated rings. The largest absolute Gasteiger partial charge is 0.497 e. The van der Waals surface area contributed by atoms with Crippen LogP contribution in [0.15, 0.2) is 30.5 Å². The van der Waals surface area contributed by atoms with Crippen LogP contribution < -0.4 is 4.74 Å². The Morgan fingerprint density at radius 1 is 1.05 bits per heavy atom. The van der Waals surface area contributed by atoms with Crippen molar-refractivity contribution >= 4 is 5.78 Å². The number of nitrogens with zero attached hydrogens (tertiary/aromatic N) is 4. The fourth-order valence-electron chi connectivity index (χ4n) is 2.89. The van der Waals surface area contributed by atoms with Crippen molar-refractivity contribution in [3.05, 3.63) is 41.9 Å². The van der Waals surface area contributed by atoms with Gasteiger partial charge in [-0.3, -0.25) is 4.40 Å². The number of imidazole rings is 1. The molecule has 21 heavy (non-hydrogen) atoms. The van der Waals surface area contributed by atoms with Gasteiger partial charge in [-0.05, 0) is 49.9 Å². The number of fused-ring (bicyclic) bond motifs is 3. The first kappa shape index (κ1) is 12.3. The van der Waals surface area contributed by atoms with Crippen LogP contribution in [0.4, 0.5) is 0 Å². The summed E-state index contributed by atoms with van der Waals surface area (Å²) >= 11 is 0. The summed E-state index contributed by atoms with van der Waals surface area (Å²) in [6, 6.07) is 7.92. The average Bonchev–Trinajstić information content (AvgIpc) is 2.99. The Labute approximate surface area is 122 Å². The third-order valence-corrected chi connectivity index (χ3v) is 4.03. The fraction of sp³-hybridized carbons (Fsp3) is 0.312. The van der Waals surface area contributed by atoms with E-state index in [-0.39, 0.29) is 0 Å². The molecule has 0 saturated heterocycles. The summed E-state index contributed by atoms with van der Waals surface area (Å²) in [6.45, 7) is 0. The molecule has 0 unspecified atom stereocenters. The minimum absolute atomic E-state index is 0.682. The zero-order valence-electron chi connectivity index (χ0n) is 11.9. The van der Waals surface area contributed by atoms with Gasteiger partial charge in [0.05, 0.1) is 18.5 Å². The Kier molecular flexibility index (Phi) is 2.84. The number of hydrogen-bond acceptors (Lipinski definition) is 4. The number of hydrogen-bond donors (Lipinski definition) is 0. The van der Waals surface area contributed by atoms with Gasteiger partial charge in [0.1, 0.15) is 5.75 Å². The lowest BCUT2D eigenvalue weighted by Gasteiger charge is -2.14. The highest BCUT2D eigenvalue weighted by atomic mass is 16.5. The number of methoxy groups -OCH3 is 1. The Morgan fingerprint density at radius 2 is 1.86 bits per heavy atom. The lowest BCUT2D eigenvalue weighted by Crippen LogP contribution is -2.12. The maximum atomic E-state index is 5.19. The number of aryl methyl sites for hydroxylation is 2. The van der Waals surface area contributed by atoms with E-state index in [0.29, 0.717) is 5.78 Å². The number of aromatic nitrogens is 4. The van der Waals surface area contributed by atoms with Crippen molar-refractivity contribution in [1.29, 1.82) is 0 Å². The summed E-state index contributed by atoms with van der Waals surface area (Å²) in [5.41, 5.74) is 4.36. The normalized spacial score (nSPS) is 14.1. The third-order valence-electron chi connectivity index (χ3n) is 4.03. The SMILES string of the molecule is COc1ccc(-c2cn3c4c(nnc3n2)CCCC4)cc1. The molecule has 4 rings (SSSR count). The van der Waals surface area contributed by atoms with Crippen LogP contribution in [0, 0.1) is 0 Å². The standard InChI is InChI=1S/C16H16N4O/c1-21-12-8-6-11(7-9-12)14-10-20-15-5-3-2-4-13(15)18-19-16(20)17-14/h6-10H,2-5H2,1H3. The van der Waals surface area contributed by atoms with Crippen molar-refractivity contribution in [2.45, 2.75) is 25.7 Å². The molecule has 0 saturated carbocycles. The molecule has 2 heterocycles. The predicted molar refractivity (Wildman–Crippen MR) is 79.4 cm³/mol. The van der Waals surface area contributed by atoms with Crippen LogP contribution in [0.5, 0.6) is 5.75 Å². The molecule has 0 aliphatic heterocycles. The first-order valence-electron chi connectivity index (χ1n) is 7.23. The van der Waals surface area contributed by atoms with E-state index in [0.717, 1.165) is 35.5 Å². The number of ether oxygens (including phenoxy) is 1. The molecule has 106 valence electrons. The fourth-order valence-corrected chi connectivity index (χ4v) is 2.89. The van der Waals surface area contributed by atoms with E-state index >= 15 is 0 Å². The van der Waals surface area contributed by atoms with E-state index in [4.69, 9.17) is 4.74 Å². The number of rotatable bonds is 2. The molecular formula is C16H16N4O. The summed E-state index contributed by atoms with van der Waals surface area (Å²) in [6.07, 6.45) is 6.56. The van der Waals surface area contributed by atoms with Gasteiger partial charge in [-0.1, -0.05) is 0 Å². The van der Waals surface area contributed by atoms with Crippen LogP contribution in [0.2, 0.25) is 0 Å². The van der Waals surface area contributed by atoms with Crippen LogP contribution in [0.3, 0.4) is 0 Å². The number of benzene rings is 1. The second-order valence-corrected chi connectivity index (χ2v) is 5.33. The quantitative estimate of drug-likeness (QED) is 0.724. The van der Waals surface area contributed by atoms with Crippen LogP contribution >= 0.6 is 0 Å². The van der Waals surface area contributed by atoms with Gasteiger partial charge in [-0.15, -0.1) is 5.10 Å². The molecule has 1 aliphatic carbocycles. The Hall–Kier alpha value is -2.43. The summed E-state index contributed by atoms with van der Waals surface area (Å²) in [4.78, 5) is 4.60. The van der Waals surface area contributed by atoms with E-state index in [2.05, 4.69) is 25.8 Å². The summed E-state index contributed by atoms with van der Waals surface area (Å²) in [5, 5.41) is 8.58. The third kappa shape index (κ3) is 2.05. The second kappa shape index (κ2) is 4.84. The van der Waals surface area contributed by atoms with Gasteiger partial charge < -0.3 is 4.74 Å². The molecule has 5 heteroatoms. The lowest BCUT2D eigenvalue weighted by molar-refractivity contribution is 0.415. The molecule has 0 amide bonds. The van der Waals surface area contributed by atoms with Gasteiger partial charge in [-0.25, -0.2) is 4.98 Å². The van der Waals surface area contributed by atoms with E-state index in [9.17, 15) is 0 Å². The van der Waals surface area contributed by atoms with Crippen molar-refractivity contribution in [3.63, 3.8) is 0 Å². The van der Waals surface area contributed by atoms with Crippen molar-refractivity contribution in [3.8, 4) is 17.0 Å². The molecule has 5 nitrogen and oxygen atoms in total. The zero-order valence-corrected chi connectivity index (χ0v) is 11.9. The van der Waals surface area contributed by atoms with Crippen LogP contribution in [-0.2, 0) is 12.8 Å². The predicted octanol–water partition coefficient (Wildman–Crippen LogP) is 2.68. The summed E-state index contributed by atoms with van der Waals surface area (Å²) < 4.78 is 7.29. The van der Waals surface area contributed by atoms with E-state index in [1.54, 1.807) is 7.11 Å². The molecule has 1 aliphatic rings. The molecule has 2 aromatic heterocycles. The van der Waals surface area contributed by atoms with Gasteiger partial charge >= 0.3 is 0 Å². The van der Waals surface area contributed by atoms with E-state index < -0.39 is 0 Å². The summed E-state index contributed by atoms with van der Waals surface area (Å²) in [7, 11) is 1.67. The van der Waals surface area contributed by atoms with Gasteiger partial charge in [0.25, 0.3) is 5.78 Å². The average molecular weight is 280 g/mol. The van der Waals surface area contributed by atoms with Crippen LogP contribution in [0.25, 0.3) is 17.0 Å². The van der Waals surface area contributed by atoms with Gasteiger partial charge in [0.2, 0.25) is 0 Å². The van der Waals surface area contributed by atoms with Crippen molar-refractivity contribution in [1.82, 2.24) is 19.6 Å². The van der Waals surface area contributed by atoms with Crippen molar-refractivity contribution < 1.29 is 4.74 Å². The molecule has 1 aromatic carbocycles. The highest BCUT2D eigenvalue weighted by Gasteiger charge is 2.16. The van der Waals surface area contributed by atoms with Gasteiger partial charge in [0.15, 0.2) is 0 Å². The molecule has 0 atom stereocenters. The minimum atomic E-state index is 0.682. The molecule has 0 radical (unpaired) electrons. The monoisotopic (exact) mass is 280 g/mol. The molecule has 0 N–H and O–H groups in total. The Bertz CT molecular complexity index is 792. The highest BCUT2D eigenvalue weighted by molar-refractivity contribution is 5.62. The lowest BCUT2D eigenvalue weighted by atomic mass is 10.0. The molecule has 0 spiro atoms. The van der Waals surface area contributed by atoms with Crippen molar-refractivity contribution in [2.75, 3.05) is 7.11 Å². The smallest absolute Gasteiger partial charge is 0.254 e. The zero-order chi connectivity index (χ0) is 14.2. The molecule has 3 aromatic rings. The van der Waals surface area contributed by atoms with Crippen molar-refractivity contribution in [2.24, 2.45) is 0 Å². The topological polar surface area (TPSA) is 52.3 Å². The highest BCUT2D eigenvalue weighted by Crippen LogP contribution is 2.24. The first-order valence-corrected chi connectivity index (χ1v) is 7.23. The van der Waals surface area contributed by atoms with E-state index in [1.165, 1.54) is 18.5 Å². The maximum Gasteiger partial charge on any atom is 0.254 e. The van der Waals surface area contributed by atoms with Gasteiger partial charge in [0, 0.05) is 17.5 Å². The van der Waals surface area contributed by atoms with Gasteiger partial charge in [-0.2, -0.15) is 5.10 Å². The van der Waals surface area contributed by atoms with Crippen LogP contribution in [0.1, 0.15) is 24.2 Å². The Morgan fingerprint density at radius 3 is 2.67 bits per heavy atom. The first-order chi connectivity index (χ1) is 10.3. The molecule has 0 bridgehead atoms. The molecular weight excluding hydrogens is 264 g/mol. The second-order valence-electron chi connectivity index (χ2n) is 5.33. The maximum absolute atomic E-state index is 5.19. The van der Waals surface area contributed by atoms with Crippen LogP contribution in [-0.4, -0.2) is 26.7 Å². The summed E-state index contributed by atoms with van der Waals surface area (Å²) in [5.74, 6) is 1.53. The van der Waals surface area contributed by atoms with E-state index in [1.807, 2.05) is 24.3 Å².